The van der Waals surface area contributed by atoms with Crippen LogP contribution >= 0.6 is 0 Å². The molecule has 1 aliphatic carbocycles. The second-order valence-corrected chi connectivity index (χ2v) is 6.53. The maximum absolute atomic E-state index is 12.6. The SMILES string of the molecule is CC1(C)C(C(=O)N2CCNCC2C(N)=O)C1(C)C. The Labute approximate surface area is 108 Å². The topological polar surface area (TPSA) is 75.4 Å². The van der Waals surface area contributed by atoms with Crippen molar-refractivity contribution in [2.75, 3.05) is 19.6 Å². The van der Waals surface area contributed by atoms with Gasteiger partial charge in [0, 0.05) is 25.6 Å². The summed E-state index contributed by atoms with van der Waals surface area (Å²) in [5.74, 6) is -0.355. The lowest BCUT2D eigenvalue weighted by Gasteiger charge is -2.34. The molecule has 0 aromatic rings. The predicted molar refractivity (Wildman–Crippen MR) is 68.6 cm³/mol. The van der Waals surface area contributed by atoms with Crippen LogP contribution in [0.5, 0.6) is 0 Å². The van der Waals surface area contributed by atoms with E-state index in [0.29, 0.717) is 13.1 Å². The number of primary amides is 1. The summed E-state index contributed by atoms with van der Waals surface area (Å²) < 4.78 is 0. The van der Waals surface area contributed by atoms with Crippen molar-refractivity contribution in [1.82, 2.24) is 10.2 Å². The van der Waals surface area contributed by atoms with Crippen LogP contribution in [0, 0.1) is 16.7 Å². The Morgan fingerprint density at radius 2 is 1.78 bits per heavy atom. The Morgan fingerprint density at radius 1 is 1.22 bits per heavy atom. The number of nitrogens with one attached hydrogen (secondary N) is 1. The molecular weight excluding hydrogens is 230 g/mol. The Kier molecular flexibility index (Phi) is 2.93. The first-order valence-electron chi connectivity index (χ1n) is 6.52. The Bertz CT molecular complexity index is 376. The molecule has 102 valence electrons. The fourth-order valence-corrected chi connectivity index (χ4v) is 3.20. The number of nitrogens with two attached hydrogens (primary N) is 1. The molecule has 1 aliphatic heterocycles. The summed E-state index contributed by atoms with van der Waals surface area (Å²) in [5, 5.41) is 3.11. The highest BCUT2D eigenvalue weighted by Crippen LogP contribution is 2.68. The molecule has 2 amide bonds. The normalized spacial score (nSPS) is 30.0. The molecule has 0 spiro atoms. The van der Waals surface area contributed by atoms with Crippen LogP contribution in [-0.4, -0.2) is 42.4 Å². The molecule has 18 heavy (non-hydrogen) atoms. The van der Waals surface area contributed by atoms with Crippen molar-refractivity contribution in [1.29, 1.82) is 0 Å². The van der Waals surface area contributed by atoms with E-state index in [1.807, 2.05) is 0 Å². The molecule has 0 bridgehead atoms. The largest absolute Gasteiger partial charge is 0.368 e. The molecule has 0 aromatic heterocycles. The van der Waals surface area contributed by atoms with Gasteiger partial charge in [-0.05, 0) is 10.8 Å². The smallest absolute Gasteiger partial charge is 0.241 e. The first kappa shape index (κ1) is 13.3. The quantitative estimate of drug-likeness (QED) is 0.725. The minimum Gasteiger partial charge on any atom is -0.368 e. The van der Waals surface area contributed by atoms with Gasteiger partial charge in [0.2, 0.25) is 11.8 Å². The summed E-state index contributed by atoms with van der Waals surface area (Å²) in [4.78, 5) is 25.7. The molecule has 1 unspecified atom stereocenters. The third-order valence-corrected chi connectivity index (χ3v) is 5.12. The molecule has 2 aliphatic rings. The molecule has 1 atom stereocenters. The average molecular weight is 253 g/mol. The minimum atomic E-state index is -0.501. The monoisotopic (exact) mass is 253 g/mol. The summed E-state index contributed by atoms with van der Waals surface area (Å²) in [7, 11) is 0. The second kappa shape index (κ2) is 3.95. The fraction of sp³-hybridized carbons (Fsp3) is 0.846. The third-order valence-electron chi connectivity index (χ3n) is 5.12. The van der Waals surface area contributed by atoms with Crippen LogP contribution in [0.3, 0.4) is 0 Å². The first-order chi connectivity index (χ1) is 8.21. The van der Waals surface area contributed by atoms with Crippen LogP contribution in [0.15, 0.2) is 0 Å². The van der Waals surface area contributed by atoms with Crippen LogP contribution in [0.1, 0.15) is 27.7 Å². The van der Waals surface area contributed by atoms with Crippen molar-refractivity contribution in [3.63, 3.8) is 0 Å². The number of carbonyl (C=O) groups excluding carboxylic acids is 2. The molecule has 0 aromatic carbocycles. The van der Waals surface area contributed by atoms with Gasteiger partial charge in [-0.25, -0.2) is 0 Å². The lowest BCUT2D eigenvalue weighted by molar-refractivity contribution is -0.142. The van der Waals surface area contributed by atoms with Gasteiger partial charge in [0.25, 0.3) is 0 Å². The van der Waals surface area contributed by atoms with Crippen molar-refractivity contribution in [3.8, 4) is 0 Å². The van der Waals surface area contributed by atoms with E-state index in [1.165, 1.54) is 0 Å². The number of hydrogen-bond acceptors (Lipinski definition) is 3. The molecule has 5 heteroatoms. The first-order valence-corrected chi connectivity index (χ1v) is 6.52. The number of rotatable bonds is 2. The van der Waals surface area contributed by atoms with Crippen LogP contribution in [0.4, 0.5) is 0 Å². The zero-order valence-electron chi connectivity index (χ0n) is 11.6. The number of piperazine rings is 1. The number of nitrogens with zero attached hydrogens (tertiary/aromatic N) is 1. The summed E-state index contributed by atoms with van der Waals surface area (Å²) >= 11 is 0. The van der Waals surface area contributed by atoms with Gasteiger partial charge >= 0.3 is 0 Å². The Hall–Kier alpha value is -1.10. The van der Waals surface area contributed by atoms with Crippen molar-refractivity contribution in [2.24, 2.45) is 22.5 Å². The number of amides is 2. The van der Waals surface area contributed by atoms with E-state index in [-0.39, 0.29) is 22.7 Å². The highest BCUT2D eigenvalue weighted by Gasteiger charge is 2.69. The van der Waals surface area contributed by atoms with Crippen LogP contribution in [0.2, 0.25) is 0 Å². The molecular formula is C13H23N3O2. The predicted octanol–water partition coefficient (Wildman–Crippen LogP) is -0.0457. The molecule has 2 fully saturated rings. The number of hydrogen-bond donors (Lipinski definition) is 2. The molecule has 5 nitrogen and oxygen atoms in total. The molecule has 1 saturated heterocycles. The van der Waals surface area contributed by atoms with E-state index in [9.17, 15) is 9.59 Å². The highest BCUT2D eigenvalue weighted by atomic mass is 16.2. The summed E-state index contributed by atoms with van der Waals surface area (Å²) in [5.41, 5.74) is 5.37. The molecule has 1 heterocycles. The van der Waals surface area contributed by atoms with Gasteiger partial charge in [0.1, 0.15) is 6.04 Å². The lowest BCUT2D eigenvalue weighted by Crippen LogP contribution is -2.59. The third kappa shape index (κ3) is 1.72. The van der Waals surface area contributed by atoms with Gasteiger partial charge in [-0.2, -0.15) is 0 Å². The van der Waals surface area contributed by atoms with Gasteiger partial charge in [0.05, 0.1) is 0 Å². The van der Waals surface area contributed by atoms with E-state index in [4.69, 9.17) is 5.73 Å². The minimum absolute atomic E-state index is 0.00282. The van der Waals surface area contributed by atoms with Crippen molar-refractivity contribution in [2.45, 2.75) is 33.7 Å². The van der Waals surface area contributed by atoms with Gasteiger partial charge in [-0.15, -0.1) is 0 Å². The fourth-order valence-electron chi connectivity index (χ4n) is 3.20. The second-order valence-electron chi connectivity index (χ2n) is 6.53. The lowest BCUT2D eigenvalue weighted by atomic mass is 10.0. The Balaban J connectivity index is 2.16. The maximum Gasteiger partial charge on any atom is 0.241 e. The summed E-state index contributed by atoms with van der Waals surface area (Å²) in [6.07, 6.45) is 0. The van der Waals surface area contributed by atoms with Crippen molar-refractivity contribution in [3.05, 3.63) is 0 Å². The van der Waals surface area contributed by atoms with Gasteiger partial charge in [-0.3, -0.25) is 9.59 Å². The molecule has 1 saturated carbocycles. The van der Waals surface area contributed by atoms with E-state index in [2.05, 4.69) is 33.0 Å². The van der Waals surface area contributed by atoms with Crippen LogP contribution < -0.4 is 11.1 Å². The van der Waals surface area contributed by atoms with Gasteiger partial charge in [-0.1, -0.05) is 27.7 Å². The van der Waals surface area contributed by atoms with E-state index in [1.54, 1.807) is 4.90 Å². The zero-order valence-corrected chi connectivity index (χ0v) is 11.6. The van der Waals surface area contributed by atoms with E-state index in [0.717, 1.165) is 6.54 Å². The average Bonchev–Trinajstić information content (AvgIpc) is 2.68. The van der Waals surface area contributed by atoms with Gasteiger partial charge in [0.15, 0.2) is 0 Å². The van der Waals surface area contributed by atoms with Crippen LogP contribution in [0.25, 0.3) is 0 Å². The van der Waals surface area contributed by atoms with E-state index >= 15 is 0 Å². The molecule has 0 radical (unpaired) electrons. The molecule has 2 rings (SSSR count). The highest BCUT2D eigenvalue weighted by molar-refractivity contribution is 5.90. The maximum atomic E-state index is 12.6. The summed E-state index contributed by atoms with van der Waals surface area (Å²) in [6, 6.07) is -0.501. The van der Waals surface area contributed by atoms with Crippen molar-refractivity contribution < 1.29 is 9.59 Å². The van der Waals surface area contributed by atoms with E-state index < -0.39 is 11.9 Å². The van der Waals surface area contributed by atoms with Crippen molar-refractivity contribution >= 4 is 11.8 Å². The standard InChI is InChI=1S/C13H23N3O2/c1-12(2)9(13(12,3)4)11(18)16-6-5-15-7-8(16)10(14)17/h8-9,15H,5-7H2,1-4H3,(H2,14,17). The van der Waals surface area contributed by atoms with Crippen LogP contribution in [-0.2, 0) is 9.59 Å². The summed E-state index contributed by atoms with van der Waals surface area (Å²) in [6.45, 7) is 10.2. The van der Waals surface area contributed by atoms with Gasteiger partial charge < -0.3 is 16.0 Å². The zero-order chi connectivity index (χ0) is 13.7. The number of carbonyl (C=O) groups is 2. The Morgan fingerprint density at radius 3 is 2.22 bits per heavy atom. The molecule has 3 N–H and O–H groups in total.